The minimum absolute atomic E-state index is 0.248. The topological polar surface area (TPSA) is 34.1 Å². The third-order valence-corrected chi connectivity index (χ3v) is 4.28. The van der Waals surface area contributed by atoms with Crippen LogP contribution in [0.15, 0.2) is 36.5 Å². The van der Waals surface area contributed by atoms with Crippen LogP contribution in [0.4, 0.5) is 0 Å². The monoisotopic (exact) mass is 290 g/mol. The second kappa shape index (κ2) is 7.53. The molecule has 1 aromatic carbocycles. The third kappa shape index (κ3) is 4.40. The number of aromatic nitrogens is 1. The Morgan fingerprint density at radius 1 is 1.30 bits per heavy atom. The van der Waals surface area contributed by atoms with Gasteiger partial charge >= 0.3 is 0 Å². The van der Waals surface area contributed by atoms with Gasteiger partial charge in [0.15, 0.2) is 0 Å². The first kappa shape index (κ1) is 15.2. The zero-order chi connectivity index (χ0) is 14.4. The lowest BCUT2D eigenvalue weighted by Crippen LogP contribution is -2.37. The highest BCUT2D eigenvalue weighted by molar-refractivity contribution is 7.11. The smallest absolute Gasteiger partial charge is 0.109 e. The van der Waals surface area contributed by atoms with Crippen molar-refractivity contribution < 1.29 is 4.74 Å². The van der Waals surface area contributed by atoms with Crippen LogP contribution in [0.5, 0.6) is 0 Å². The maximum Gasteiger partial charge on any atom is 0.109 e. The number of rotatable bonds is 7. The van der Waals surface area contributed by atoms with Crippen LogP contribution < -0.4 is 5.32 Å². The fourth-order valence-electron chi connectivity index (χ4n) is 2.26. The number of hydrogen-bond donors (Lipinski definition) is 1. The van der Waals surface area contributed by atoms with E-state index in [1.165, 1.54) is 10.4 Å². The molecule has 4 heteroatoms. The molecule has 0 bridgehead atoms. The van der Waals surface area contributed by atoms with E-state index in [4.69, 9.17) is 4.74 Å². The van der Waals surface area contributed by atoms with Gasteiger partial charge in [0.2, 0.25) is 0 Å². The summed E-state index contributed by atoms with van der Waals surface area (Å²) < 4.78 is 5.34. The summed E-state index contributed by atoms with van der Waals surface area (Å²) in [5.41, 5.74) is 1.32. The van der Waals surface area contributed by atoms with E-state index in [2.05, 4.69) is 48.4 Å². The predicted octanol–water partition coefficient (Wildman–Crippen LogP) is 3.36. The van der Waals surface area contributed by atoms with Gasteiger partial charge in [-0.25, -0.2) is 4.98 Å². The summed E-state index contributed by atoms with van der Waals surface area (Å²) in [6, 6.07) is 11.0. The summed E-state index contributed by atoms with van der Waals surface area (Å²) in [4.78, 5) is 5.70. The fraction of sp³-hybridized carbons (Fsp3) is 0.438. The first-order valence-corrected chi connectivity index (χ1v) is 7.72. The average molecular weight is 290 g/mol. The molecule has 2 atom stereocenters. The molecule has 0 fully saturated rings. The zero-order valence-corrected chi connectivity index (χ0v) is 13.1. The number of nitrogens with one attached hydrogen (secondary N) is 1. The van der Waals surface area contributed by atoms with Crippen LogP contribution >= 0.6 is 11.3 Å². The van der Waals surface area contributed by atoms with Gasteiger partial charge in [-0.2, -0.15) is 0 Å². The summed E-state index contributed by atoms with van der Waals surface area (Å²) in [7, 11) is 1.75. The maximum atomic E-state index is 5.34. The van der Waals surface area contributed by atoms with E-state index in [0.29, 0.717) is 12.6 Å². The quantitative estimate of drug-likeness (QED) is 0.849. The average Bonchev–Trinajstić information content (AvgIpc) is 2.87. The molecule has 0 spiro atoms. The van der Waals surface area contributed by atoms with Crippen molar-refractivity contribution in [1.82, 2.24) is 10.3 Å². The predicted molar refractivity (Wildman–Crippen MR) is 84.2 cm³/mol. The highest BCUT2D eigenvalue weighted by Gasteiger charge is 2.16. The molecule has 0 aliphatic carbocycles. The summed E-state index contributed by atoms with van der Waals surface area (Å²) in [5, 5.41) is 4.75. The molecular formula is C16H22N2OS. The minimum atomic E-state index is 0.248. The molecule has 2 rings (SSSR count). The first-order valence-electron chi connectivity index (χ1n) is 6.90. The fourth-order valence-corrected chi connectivity index (χ4v) is 3.05. The van der Waals surface area contributed by atoms with Crippen molar-refractivity contribution in [3.8, 4) is 0 Å². The Bertz CT molecular complexity index is 512. The van der Waals surface area contributed by atoms with E-state index in [0.717, 1.165) is 11.4 Å². The molecule has 1 aromatic heterocycles. The Morgan fingerprint density at radius 3 is 2.65 bits per heavy atom. The summed E-state index contributed by atoms with van der Waals surface area (Å²) in [5.74, 6) is 0. The summed E-state index contributed by atoms with van der Waals surface area (Å²) in [6.45, 7) is 4.94. The molecule has 0 saturated heterocycles. The van der Waals surface area contributed by atoms with E-state index < -0.39 is 0 Å². The standard InChI is InChI=1S/C16H22N2OS/c1-12-10-17-16(20-12)13(2)18-15(11-19-3)9-14-7-5-4-6-8-14/h4-8,10,13,15,18H,9,11H2,1-3H3/t13-,15+/m0/s1. The van der Waals surface area contributed by atoms with Crippen LogP contribution in [-0.4, -0.2) is 24.7 Å². The lowest BCUT2D eigenvalue weighted by atomic mass is 10.1. The summed E-state index contributed by atoms with van der Waals surface area (Å²) >= 11 is 1.75. The number of benzene rings is 1. The lowest BCUT2D eigenvalue weighted by molar-refractivity contribution is 0.161. The normalized spacial score (nSPS) is 14.2. The molecule has 0 aliphatic heterocycles. The van der Waals surface area contributed by atoms with Crippen LogP contribution in [0.1, 0.15) is 28.4 Å². The Kier molecular flexibility index (Phi) is 5.71. The Hall–Kier alpha value is -1.23. The molecule has 1 heterocycles. The highest BCUT2D eigenvalue weighted by atomic mass is 32.1. The van der Waals surface area contributed by atoms with Gasteiger partial charge in [-0.1, -0.05) is 30.3 Å². The van der Waals surface area contributed by atoms with E-state index in [1.807, 2.05) is 12.3 Å². The van der Waals surface area contributed by atoms with Crippen molar-refractivity contribution in [3.05, 3.63) is 52.0 Å². The molecule has 0 aliphatic rings. The molecule has 0 radical (unpaired) electrons. The van der Waals surface area contributed by atoms with E-state index >= 15 is 0 Å². The van der Waals surface area contributed by atoms with Crippen LogP contribution in [0.25, 0.3) is 0 Å². The number of thiazole rings is 1. The molecule has 0 amide bonds. The van der Waals surface area contributed by atoms with Gasteiger partial charge < -0.3 is 10.1 Å². The Balaban J connectivity index is 1.98. The van der Waals surface area contributed by atoms with Gasteiger partial charge in [-0.3, -0.25) is 0 Å². The zero-order valence-electron chi connectivity index (χ0n) is 12.3. The molecule has 108 valence electrons. The van der Waals surface area contributed by atoms with E-state index in [9.17, 15) is 0 Å². The Labute approximate surface area is 125 Å². The first-order chi connectivity index (χ1) is 9.69. The molecule has 0 unspecified atom stereocenters. The molecule has 0 saturated carbocycles. The van der Waals surface area contributed by atoms with Crippen LogP contribution in [0.2, 0.25) is 0 Å². The lowest BCUT2D eigenvalue weighted by Gasteiger charge is -2.21. The van der Waals surface area contributed by atoms with Crippen molar-refractivity contribution in [1.29, 1.82) is 0 Å². The van der Waals surface area contributed by atoms with E-state index in [-0.39, 0.29) is 6.04 Å². The second-order valence-corrected chi connectivity index (χ2v) is 6.31. The molecule has 3 nitrogen and oxygen atoms in total. The number of methoxy groups -OCH3 is 1. The molecular weight excluding hydrogens is 268 g/mol. The van der Waals surface area contributed by atoms with Gasteiger partial charge in [0.25, 0.3) is 0 Å². The van der Waals surface area contributed by atoms with Gasteiger partial charge in [-0.15, -0.1) is 11.3 Å². The SMILES string of the molecule is COC[C@@H](Cc1ccccc1)N[C@@H](C)c1ncc(C)s1. The Morgan fingerprint density at radius 2 is 2.05 bits per heavy atom. The van der Waals surface area contributed by atoms with Crippen LogP contribution in [-0.2, 0) is 11.2 Å². The maximum absolute atomic E-state index is 5.34. The summed E-state index contributed by atoms with van der Waals surface area (Å²) in [6.07, 6.45) is 2.89. The highest BCUT2D eigenvalue weighted by Crippen LogP contribution is 2.20. The third-order valence-electron chi connectivity index (χ3n) is 3.19. The number of nitrogens with zero attached hydrogens (tertiary/aromatic N) is 1. The van der Waals surface area contributed by atoms with Gasteiger partial charge in [0.05, 0.1) is 12.6 Å². The number of hydrogen-bond acceptors (Lipinski definition) is 4. The van der Waals surface area contributed by atoms with Gasteiger partial charge in [0.1, 0.15) is 5.01 Å². The minimum Gasteiger partial charge on any atom is -0.383 e. The van der Waals surface area contributed by atoms with Gasteiger partial charge in [0, 0.05) is 24.2 Å². The van der Waals surface area contributed by atoms with Crippen molar-refractivity contribution >= 4 is 11.3 Å². The number of ether oxygens (including phenoxy) is 1. The largest absolute Gasteiger partial charge is 0.383 e. The van der Waals surface area contributed by atoms with Crippen LogP contribution in [0.3, 0.4) is 0 Å². The van der Waals surface area contributed by atoms with Crippen molar-refractivity contribution in [2.24, 2.45) is 0 Å². The number of aryl methyl sites for hydroxylation is 1. The van der Waals surface area contributed by atoms with Gasteiger partial charge in [-0.05, 0) is 25.8 Å². The second-order valence-electron chi connectivity index (χ2n) is 5.04. The van der Waals surface area contributed by atoms with Crippen molar-refractivity contribution in [2.45, 2.75) is 32.4 Å². The van der Waals surface area contributed by atoms with E-state index in [1.54, 1.807) is 18.4 Å². The molecule has 20 heavy (non-hydrogen) atoms. The van der Waals surface area contributed by atoms with Crippen molar-refractivity contribution in [2.75, 3.05) is 13.7 Å². The van der Waals surface area contributed by atoms with Crippen LogP contribution in [0, 0.1) is 6.92 Å². The molecule has 2 aromatic rings. The van der Waals surface area contributed by atoms with Crippen molar-refractivity contribution in [3.63, 3.8) is 0 Å². The molecule has 1 N–H and O–H groups in total.